The monoisotopic (exact) mass is 222 g/mol. The number of rotatable bonds is 3. The molecule has 0 N–H and O–H groups in total. The molecule has 1 unspecified atom stereocenters. The van der Waals surface area contributed by atoms with Crippen molar-refractivity contribution < 1.29 is 18.1 Å². The summed E-state index contributed by atoms with van der Waals surface area (Å²) in [6, 6.07) is 0. The lowest BCUT2D eigenvalue weighted by Crippen LogP contribution is -2.30. The molecule has 1 saturated heterocycles. The van der Waals surface area contributed by atoms with E-state index < -0.39 is 13.4 Å². The lowest BCUT2D eigenvalue weighted by atomic mass is 10.1. The first kappa shape index (κ1) is 12.2. The first-order valence-corrected chi connectivity index (χ1v) is 6.39. The highest BCUT2D eigenvalue weighted by molar-refractivity contribution is 7.48. The van der Waals surface area contributed by atoms with Crippen LogP contribution < -0.4 is 0 Å². The predicted octanol–water partition coefficient (Wildman–Crippen LogP) is 2.98. The van der Waals surface area contributed by atoms with Crippen molar-refractivity contribution in [2.45, 2.75) is 39.7 Å². The zero-order chi connectivity index (χ0) is 10.8. The largest absolute Gasteiger partial charge is 0.475 e. The quantitative estimate of drug-likeness (QED) is 0.688. The average molecular weight is 222 g/mol. The average Bonchev–Trinajstić information content (AvgIpc) is 1.98. The summed E-state index contributed by atoms with van der Waals surface area (Å²) in [4.78, 5) is 0. The molecule has 1 aliphatic heterocycles. The summed E-state index contributed by atoms with van der Waals surface area (Å²) >= 11 is 0. The molecule has 4 nitrogen and oxygen atoms in total. The normalized spacial score (nSPS) is 32.1. The molecular formula is C9H19O4P. The maximum Gasteiger partial charge on any atom is 0.475 e. The minimum absolute atomic E-state index is 0.318. The summed E-state index contributed by atoms with van der Waals surface area (Å²) in [6.07, 6.45) is 0.738. The molecule has 1 heterocycles. The molecular weight excluding hydrogens is 203 g/mol. The standard InChI is InChI=1S/C9H19O4P/c1-8(2)7-12-14(10)11-6-5-9(3,4)13-14/h8H,5-7H2,1-4H3. The van der Waals surface area contributed by atoms with E-state index in [9.17, 15) is 4.57 Å². The Kier molecular flexibility index (Phi) is 3.75. The molecule has 84 valence electrons. The fourth-order valence-corrected chi connectivity index (χ4v) is 2.75. The molecule has 0 amide bonds. The van der Waals surface area contributed by atoms with Crippen molar-refractivity contribution in [3.8, 4) is 0 Å². The second kappa shape index (κ2) is 4.31. The number of phosphoric acid groups is 1. The van der Waals surface area contributed by atoms with Gasteiger partial charge in [0.05, 0.1) is 18.8 Å². The van der Waals surface area contributed by atoms with Crippen molar-refractivity contribution in [1.29, 1.82) is 0 Å². The molecule has 0 aromatic heterocycles. The first-order chi connectivity index (χ1) is 6.33. The van der Waals surface area contributed by atoms with Crippen LogP contribution >= 0.6 is 7.82 Å². The van der Waals surface area contributed by atoms with Crippen molar-refractivity contribution in [2.24, 2.45) is 5.92 Å². The van der Waals surface area contributed by atoms with E-state index in [1.54, 1.807) is 0 Å². The van der Waals surface area contributed by atoms with E-state index in [4.69, 9.17) is 13.6 Å². The third kappa shape index (κ3) is 3.70. The third-order valence-corrected chi connectivity index (χ3v) is 3.56. The molecule has 0 saturated carbocycles. The van der Waals surface area contributed by atoms with Gasteiger partial charge in [-0.25, -0.2) is 4.57 Å². The first-order valence-electron chi connectivity index (χ1n) is 4.93. The smallest absolute Gasteiger partial charge is 0.287 e. The maximum atomic E-state index is 11.9. The van der Waals surface area contributed by atoms with Gasteiger partial charge in [0.2, 0.25) is 0 Å². The zero-order valence-corrected chi connectivity index (χ0v) is 10.2. The lowest BCUT2D eigenvalue weighted by Gasteiger charge is -2.34. The zero-order valence-electron chi connectivity index (χ0n) is 9.28. The Morgan fingerprint density at radius 1 is 1.50 bits per heavy atom. The van der Waals surface area contributed by atoms with Gasteiger partial charge < -0.3 is 0 Å². The van der Waals surface area contributed by atoms with E-state index in [2.05, 4.69) is 0 Å². The molecule has 1 rings (SSSR count). The number of hydrogen-bond acceptors (Lipinski definition) is 4. The van der Waals surface area contributed by atoms with E-state index in [0.717, 1.165) is 6.42 Å². The fourth-order valence-electron chi connectivity index (χ4n) is 1.08. The van der Waals surface area contributed by atoms with Crippen LogP contribution in [0.25, 0.3) is 0 Å². The van der Waals surface area contributed by atoms with Crippen molar-refractivity contribution in [1.82, 2.24) is 0 Å². The predicted molar refractivity (Wildman–Crippen MR) is 54.1 cm³/mol. The van der Waals surface area contributed by atoms with Gasteiger partial charge in [-0.1, -0.05) is 13.8 Å². The summed E-state index contributed by atoms with van der Waals surface area (Å²) < 4.78 is 27.5. The minimum Gasteiger partial charge on any atom is -0.287 e. The molecule has 0 spiro atoms. The van der Waals surface area contributed by atoms with Gasteiger partial charge in [0.15, 0.2) is 0 Å². The molecule has 1 atom stereocenters. The van der Waals surface area contributed by atoms with Crippen molar-refractivity contribution >= 4 is 7.82 Å². The molecule has 0 aromatic rings. The van der Waals surface area contributed by atoms with Crippen molar-refractivity contribution in [2.75, 3.05) is 13.2 Å². The van der Waals surface area contributed by atoms with E-state index in [1.807, 2.05) is 27.7 Å². The van der Waals surface area contributed by atoms with Gasteiger partial charge in [-0.3, -0.25) is 13.6 Å². The topological polar surface area (TPSA) is 44.8 Å². The third-order valence-electron chi connectivity index (χ3n) is 1.88. The Labute approximate surface area is 85.5 Å². The van der Waals surface area contributed by atoms with Gasteiger partial charge >= 0.3 is 7.82 Å². The summed E-state index contributed by atoms with van der Waals surface area (Å²) in [5.41, 5.74) is -0.412. The molecule has 1 aliphatic rings. The van der Waals surface area contributed by atoms with Gasteiger partial charge in [0, 0.05) is 6.42 Å². The summed E-state index contributed by atoms with van der Waals surface area (Å²) in [5.74, 6) is 0.318. The van der Waals surface area contributed by atoms with Crippen LogP contribution in [0.2, 0.25) is 0 Å². The van der Waals surface area contributed by atoms with Gasteiger partial charge in [-0.15, -0.1) is 0 Å². The number of phosphoric ester groups is 1. The van der Waals surface area contributed by atoms with Crippen LogP contribution in [0.4, 0.5) is 0 Å². The van der Waals surface area contributed by atoms with Gasteiger partial charge in [0.1, 0.15) is 0 Å². The molecule has 0 radical (unpaired) electrons. The summed E-state index contributed by atoms with van der Waals surface area (Å²) in [5, 5.41) is 0. The maximum absolute atomic E-state index is 11.9. The summed E-state index contributed by atoms with van der Waals surface area (Å²) in [6.45, 7) is 8.58. The molecule has 1 fully saturated rings. The van der Waals surface area contributed by atoms with Crippen molar-refractivity contribution in [3.05, 3.63) is 0 Å². The Morgan fingerprint density at radius 3 is 2.64 bits per heavy atom. The molecule has 0 aromatic carbocycles. The van der Waals surface area contributed by atoms with Crippen LogP contribution in [0.1, 0.15) is 34.1 Å². The highest BCUT2D eigenvalue weighted by atomic mass is 31.2. The minimum atomic E-state index is -3.29. The van der Waals surface area contributed by atoms with Crippen LogP contribution in [0.15, 0.2) is 0 Å². The van der Waals surface area contributed by atoms with E-state index >= 15 is 0 Å². The molecule has 5 heteroatoms. The highest BCUT2D eigenvalue weighted by Gasteiger charge is 2.39. The van der Waals surface area contributed by atoms with Crippen molar-refractivity contribution in [3.63, 3.8) is 0 Å². The Bertz CT molecular complexity index is 237. The van der Waals surface area contributed by atoms with Gasteiger partial charge in [-0.2, -0.15) is 0 Å². The second-order valence-corrected chi connectivity index (χ2v) is 6.16. The van der Waals surface area contributed by atoms with Crippen LogP contribution in [0.3, 0.4) is 0 Å². The van der Waals surface area contributed by atoms with Crippen LogP contribution in [0.5, 0.6) is 0 Å². The van der Waals surface area contributed by atoms with E-state index in [1.165, 1.54) is 0 Å². The van der Waals surface area contributed by atoms with Crippen LogP contribution in [0, 0.1) is 5.92 Å². The molecule has 14 heavy (non-hydrogen) atoms. The number of hydrogen-bond donors (Lipinski definition) is 0. The SMILES string of the molecule is CC(C)COP1(=O)OCCC(C)(C)O1. The lowest BCUT2D eigenvalue weighted by molar-refractivity contribution is -0.0213. The fraction of sp³-hybridized carbons (Fsp3) is 1.00. The van der Waals surface area contributed by atoms with E-state index in [0.29, 0.717) is 19.1 Å². The van der Waals surface area contributed by atoms with E-state index in [-0.39, 0.29) is 0 Å². The van der Waals surface area contributed by atoms with Crippen LogP contribution in [-0.4, -0.2) is 18.8 Å². The Hall–Kier alpha value is 0.110. The Balaban J connectivity index is 2.52. The second-order valence-electron chi connectivity index (χ2n) is 4.57. The van der Waals surface area contributed by atoms with Gasteiger partial charge in [0.25, 0.3) is 0 Å². The van der Waals surface area contributed by atoms with Gasteiger partial charge in [-0.05, 0) is 19.8 Å². The van der Waals surface area contributed by atoms with Crippen LogP contribution in [-0.2, 0) is 18.1 Å². The highest BCUT2D eigenvalue weighted by Crippen LogP contribution is 2.56. The summed E-state index contributed by atoms with van der Waals surface area (Å²) in [7, 11) is -3.29. The molecule has 0 bridgehead atoms. The molecule has 0 aliphatic carbocycles. The Morgan fingerprint density at radius 2 is 2.14 bits per heavy atom.